The van der Waals surface area contributed by atoms with Crippen LogP contribution >= 0.6 is 11.3 Å². The molecule has 2 saturated carbocycles. The quantitative estimate of drug-likeness (QED) is 0.180. The van der Waals surface area contributed by atoms with Gasteiger partial charge in [0, 0.05) is 89.6 Å². The molecule has 2 aliphatic carbocycles. The number of piperidine rings is 1. The summed E-state index contributed by atoms with van der Waals surface area (Å²) in [5.41, 5.74) is 1.31. The molecule has 2 N–H and O–H groups in total. The molecule has 5 heterocycles. The summed E-state index contributed by atoms with van der Waals surface area (Å²) in [6.45, 7) is 5.40. The molecule has 1 radical (unpaired) electrons. The van der Waals surface area contributed by atoms with E-state index in [1.54, 1.807) is 13.2 Å². The van der Waals surface area contributed by atoms with E-state index in [2.05, 4.69) is 23.9 Å². The Bertz CT molecular complexity index is 2430. The normalized spacial score (nSPS) is 26.7. The van der Waals surface area contributed by atoms with Gasteiger partial charge >= 0.3 is 0 Å². The molecule has 5 atom stereocenters. The summed E-state index contributed by atoms with van der Waals surface area (Å²) in [6.07, 6.45) is 6.59. The Morgan fingerprint density at radius 1 is 1.08 bits per heavy atom. The molecule has 8 rings (SSSR count). The zero-order chi connectivity index (χ0) is 44.8. The standard InChI is InChI=1S/C45H56F2N6O8S2.Na/c1-26(2)34-24-62-41(49-34)33-21-37(32-15-16-36(60-4)27(3)39(32)48-33)61-30-20-35-40(55)50-45(43(57)51-63(58,59)31-13-14-31)22-29(45)12-9-7-5-6-8-11-28(42(56)53(35)23-30)19-38(54)52-18-10-17-44(46,47)25-52;/h9,12,15-16,21,24,26,28-31,35H,5-8,10-11,13-14,17-20,22-23,25H2,1-4H3,(H,50,55)(H,51,57);/b12-9-;/t28-,29-,30-,35+,45-;/m1./s1. The van der Waals surface area contributed by atoms with Crippen LogP contribution in [0.3, 0.4) is 0 Å². The van der Waals surface area contributed by atoms with Gasteiger partial charge in [-0.3, -0.25) is 23.9 Å². The van der Waals surface area contributed by atoms with Crippen LogP contribution in [0.1, 0.15) is 108 Å². The molecule has 341 valence electrons. The van der Waals surface area contributed by atoms with E-state index >= 15 is 0 Å². The molecule has 0 unspecified atom stereocenters. The predicted octanol–water partition coefficient (Wildman–Crippen LogP) is 6.03. The van der Waals surface area contributed by atoms with Crippen molar-refractivity contribution in [2.75, 3.05) is 26.7 Å². The Balaban J connectivity index is 0.00000612. The van der Waals surface area contributed by atoms with Crippen LogP contribution in [0.15, 0.2) is 35.7 Å². The average Bonchev–Trinajstić information content (AvgIpc) is 4.11. The topological polar surface area (TPSA) is 177 Å². The summed E-state index contributed by atoms with van der Waals surface area (Å²) in [6, 6.07) is 4.27. The Morgan fingerprint density at radius 2 is 1.86 bits per heavy atom. The van der Waals surface area contributed by atoms with Crippen LogP contribution in [-0.2, 0) is 29.2 Å². The maximum absolute atomic E-state index is 14.9. The van der Waals surface area contributed by atoms with E-state index in [0.29, 0.717) is 71.6 Å². The molecule has 1 aromatic carbocycles. The van der Waals surface area contributed by atoms with Crippen LogP contribution in [-0.4, -0.2) is 137 Å². The van der Waals surface area contributed by atoms with Gasteiger partial charge in [-0.15, -0.1) is 11.3 Å². The van der Waals surface area contributed by atoms with E-state index in [4.69, 9.17) is 19.4 Å². The fourth-order valence-corrected chi connectivity index (χ4v) is 11.5. The number of sulfonamides is 1. The number of carbonyl (C=O) groups is 4. The van der Waals surface area contributed by atoms with Crippen LogP contribution in [0.2, 0.25) is 0 Å². The first-order valence-corrected chi connectivity index (χ1v) is 24.5. The predicted molar refractivity (Wildman–Crippen MR) is 239 cm³/mol. The molecular weight excluding hydrogens is 878 g/mol. The molecule has 2 saturated heterocycles. The number of likely N-dealkylation sites (tertiary alicyclic amines) is 1. The second kappa shape index (κ2) is 19.3. The number of pyridine rings is 1. The van der Waals surface area contributed by atoms with Crippen molar-refractivity contribution in [3.8, 4) is 22.2 Å². The molecule has 3 aromatic rings. The number of methoxy groups -OCH3 is 1. The smallest absolute Gasteiger partial charge is 0.265 e. The van der Waals surface area contributed by atoms with Gasteiger partial charge in [0.05, 0.1) is 36.7 Å². The van der Waals surface area contributed by atoms with Crippen LogP contribution in [0.4, 0.5) is 8.78 Å². The van der Waals surface area contributed by atoms with Crippen molar-refractivity contribution in [3.63, 3.8) is 0 Å². The maximum Gasteiger partial charge on any atom is 0.265 e. The second-order valence-electron chi connectivity index (χ2n) is 18.2. The van der Waals surface area contributed by atoms with E-state index < -0.39 is 80.9 Å². The number of allylic oxidation sites excluding steroid dienone is 1. The van der Waals surface area contributed by atoms with Gasteiger partial charge in [0.25, 0.3) is 11.8 Å². The molecule has 14 nitrogen and oxygen atoms in total. The van der Waals surface area contributed by atoms with Crippen LogP contribution in [0, 0.1) is 18.8 Å². The third-order valence-electron chi connectivity index (χ3n) is 13.1. The molecule has 64 heavy (non-hydrogen) atoms. The first-order valence-electron chi connectivity index (χ1n) is 22.1. The molecule has 5 aliphatic rings. The number of benzene rings is 1. The van der Waals surface area contributed by atoms with Crippen LogP contribution < -0.4 is 19.5 Å². The largest absolute Gasteiger partial charge is 0.496 e. The minimum atomic E-state index is -3.95. The molecule has 0 bridgehead atoms. The summed E-state index contributed by atoms with van der Waals surface area (Å²) < 4.78 is 69.6. The Labute approximate surface area is 399 Å². The van der Waals surface area contributed by atoms with Gasteiger partial charge in [0.1, 0.15) is 39.9 Å². The second-order valence-corrected chi connectivity index (χ2v) is 21.0. The van der Waals surface area contributed by atoms with Gasteiger partial charge in [-0.2, -0.15) is 0 Å². The summed E-state index contributed by atoms with van der Waals surface area (Å²) in [5, 5.41) is 5.57. The Morgan fingerprint density at radius 3 is 2.56 bits per heavy atom. The molecule has 4 amide bonds. The number of ether oxygens (including phenoxy) is 2. The van der Waals surface area contributed by atoms with Gasteiger partial charge in [0.2, 0.25) is 27.7 Å². The van der Waals surface area contributed by atoms with Crippen LogP contribution in [0.5, 0.6) is 11.5 Å². The number of aromatic nitrogens is 2. The fraction of sp³-hybridized carbons (Fsp3) is 0.600. The average molecular weight is 934 g/mol. The third-order valence-corrected chi connectivity index (χ3v) is 15.8. The van der Waals surface area contributed by atoms with E-state index in [1.165, 1.54) is 16.2 Å². The zero-order valence-corrected chi connectivity index (χ0v) is 40.8. The number of rotatable bonds is 10. The summed E-state index contributed by atoms with van der Waals surface area (Å²) in [5.74, 6) is -5.67. The van der Waals surface area contributed by atoms with E-state index in [9.17, 15) is 36.4 Å². The molecule has 3 aliphatic heterocycles. The number of alkyl halides is 2. The molecule has 4 fully saturated rings. The maximum atomic E-state index is 14.9. The number of aryl methyl sites for hydroxylation is 1. The zero-order valence-electron chi connectivity index (χ0n) is 37.2. The van der Waals surface area contributed by atoms with E-state index in [0.717, 1.165) is 22.6 Å². The van der Waals surface area contributed by atoms with Crippen molar-refractivity contribution in [1.29, 1.82) is 0 Å². The van der Waals surface area contributed by atoms with Gasteiger partial charge in [-0.1, -0.05) is 38.8 Å². The van der Waals surface area contributed by atoms with Gasteiger partial charge in [0.15, 0.2) is 0 Å². The number of fused-ring (bicyclic) bond motifs is 3. The SMILES string of the molecule is COc1ccc2c(O[C@@H]3C[C@H]4C(=O)N[C@]5(C(=O)NS(=O)(=O)C6CC6)C[C@H]5/C=C\CCCCC[C@H](CC(=O)N5CCCC(F)(F)C5)C(=O)N4C3)cc(-c3nc(C(C)C)cs3)nc2c1C.[Na]. The first kappa shape index (κ1) is 48.2. The van der Waals surface area contributed by atoms with Gasteiger partial charge in [-0.05, 0) is 69.9 Å². The van der Waals surface area contributed by atoms with Crippen molar-refractivity contribution >= 4 is 85.4 Å². The van der Waals surface area contributed by atoms with Gasteiger partial charge in [-0.25, -0.2) is 27.2 Å². The number of hydrogen-bond donors (Lipinski definition) is 2. The summed E-state index contributed by atoms with van der Waals surface area (Å²) >= 11 is 1.46. The van der Waals surface area contributed by atoms with Crippen molar-refractivity contribution < 1.29 is 45.9 Å². The molecular formula is C45H56F2N6NaO8S2. The van der Waals surface area contributed by atoms with Crippen molar-refractivity contribution in [1.82, 2.24) is 29.8 Å². The number of nitrogens with one attached hydrogen (secondary N) is 2. The number of amides is 4. The summed E-state index contributed by atoms with van der Waals surface area (Å²) in [4.78, 5) is 69.6. The van der Waals surface area contributed by atoms with Crippen molar-refractivity contribution in [2.24, 2.45) is 11.8 Å². The van der Waals surface area contributed by atoms with Crippen molar-refractivity contribution in [2.45, 2.75) is 133 Å². The molecule has 19 heteroatoms. The Kier molecular flexibility index (Phi) is 14.5. The van der Waals surface area contributed by atoms with E-state index in [-0.39, 0.29) is 80.7 Å². The summed E-state index contributed by atoms with van der Waals surface area (Å²) in [7, 11) is -2.37. The molecule has 2 aromatic heterocycles. The number of carbonyl (C=O) groups excluding carboxylic acids is 4. The monoisotopic (exact) mass is 933 g/mol. The first-order chi connectivity index (χ1) is 30.0. The van der Waals surface area contributed by atoms with E-state index in [1.807, 2.05) is 36.6 Å². The number of halogens is 2. The molecule has 0 spiro atoms. The third kappa shape index (κ3) is 10.3. The Hall–Kier alpha value is -3.71. The minimum absolute atomic E-state index is 0. The van der Waals surface area contributed by atoms with Crippen LogP contribution in [0.25, 0.3) is 21.6 Å². The van der Waals surface area contributed by atoms with Crippen molar-refractivity contribution in [3.05, 3.63) is 47.0 Å². The number of nitrogens with zero attached hydrogens (tertiary/aromatic N) is 4. The number of hydrogen-bond acceptors (Lipinski definition) is 11. The number of thiazole rings is 1. The fourth-order valence-electron chi connectivity index (χ4n) is 9.15. The minimum Gasteiger partial charge on any atom is -0.496 e. The van der Waals surface area contributed by atoms with Gasteiger partial charge < -0.3 is 24.6 Å².